The summed E-state index contributed by atoms with van der Waals surface area (Å²) in [6.07, 6.45) is 4.96. The number of nitrogens with one attached hydrogen (secondary N) is 1. The summed E-state index contributed by atoms with van der Waals surface area (Å²) in [7, 11) is 0. The van der Waals surface area contributed by atoms with Gasteiger partial charge in [-0.1, -0.05) is 30.7 Å². The van der Waals surface area contributed by atoms with E-state index in [1.165, 1.54) is 6.07 Å². The smallest absolute Gasteiger partial charge is 0.295 e. The highest BCUT2D eigenvalue weighted by atomic mass is 35.5. The second-order valence-corrected chi connectivity index (χ2v) is 8.87. The van der Waals surface area contributed by atoms with Gasteiger partial charge in [-0.25, -0.2) is 14.4 Å². The molecule has 34 heavy (non-hydrogen) atoms. The number of benzene rings is 2. The highest BCUT2D eigenvalue weighted by Gasteiger charge is 2.35. The molecule has 2 unspecified atom stereocenters. The fraction of sp³-hybridized carbons (Fsp3) is 0.280. The Bertz CT molecular complexity index is 1330. The van der Waals surface area contributed by atoms with Crippen LogP contribution in [-0.4, -0.2) is 44.9 Å². The summed E-state index contributed by atoms with van der Waals surface area (Å²) in [5, 5.41) is 3.79. The van der Waals surface area contributed by atoms with Crippen molar-refractivity contribution in [3.63, 3.8) is 0 Å². The quantitative estimate of drug-likeness (QED) is 0.411. The van der Waals surface area contributed by atoms with E-state index in [9.17, 15) is 4.79 Å². The molecule has 0 saturated carbocycles. The largest absolute Gasteiger partial charge is 0.424 e. The van der Waals surface area contributed by atoms with Gasteiger partial charge in [0.25, 0.3) is 11.9 Å². The summed E-state index contributed by atoms with van der Waals surface area (Å²) in [6, 6.07) is 11.6. The fourth-order valence-corrected chi connectivity index (χ4v) is 4.66. The van der Waals surface area contributed by atoms with Gasteiger partial charge in [-0.05, 0) is 49.1 Å². The van der Waals surface area contributed by atoms with Gasteiger partial charge in [-0.3, -0.25) is 4.79 Å². The molecule has 1 amide bonds. The van der Waals surface area contributed by atoms with E-state index in [0.29, 0.717) is 46.6 Å². The zero-order valence-electron chi connectivity index (χ0n) is 18.5. The molecule has 0 radical (unpaired) electrons. The molecule has 7 nitrogen and oxygen atoms in total. The van der Waals surface area contributed by atoms with Gasteiger partial charge in [-0.15, -0.1) is 0 Å². The first-order valence-electron chi connectivity index (χ1n) is 11.2. The lowest BCUT2D eigenvalue weighted by Gasteiger charge is -2.40. The Kier molecular flexibility index (Phi) is 6.15. The Labute approximate surface area is 201 Å². The normalized spacial score (nSPS) is 18.3. The zero-order chi connectivity index (χ0) is 23.7. The number of aromatic nitrogens is 3. The van der Waals surface area contributed by atoms with Gasteiger partial charge in [-0.2, -0.15) is 4.98 Å². The summed E-state index contributed by atoms with van der Waals surface area (Å²) in [5.74, 6) is -0.443. The molecule has 2 atom stereocenters. The molecule has 1 saturated heterocycles. The number of oxazole rings is 1. The van der Waals surface area contributed by atoms with E-state index in [2.05, 4.69) is 27.2 Å². The summed E-state index contributed by atoms with van der Waals surface area (Å²) >= 11 is 6.04. The first kappa shape index (κ1) is 22.3. The van der Waals surface area contributed by atoms with Crippen molar-refractivity contribution in [2.45, 2.75) is 25.8 Å². The minimum Gasteiger partial charge on any atom is -0.424 e. The number of nitrogens with zero attached hydrogens (tertiary/aromatic N) is 4. The van der Waals surface area contributed by atoms with Gasteiger partial charge >= 0.3 is 0 Å². The lowest BCUT2D eigenvalue weighted by molar-refractivity contribution is 0.0535. The predicted octanol–water partition coefficient (Wildman–Crippen LogP) is 5.43. The number of rotatable bonds is 5. The van der Waals surface area contributed by atoms with E-state index >= 15 is 4.39 Å². The summed E-state index contributed by atoms with van der Waals surface area (Å²) in [5.41, 5.74) is 1.64. The van der Waals surface area contributed by atoms with Crippen LogP contribution in [0.2, 0.25) is 5.02 Å². The van der Waals surface area contributed by atoms with E-state index < -0.39 is 5.82 Å². The topological polar surface area (TPSA) is 84.2 Å². The summed E-state index contributed by atoms with van der Waals surface area (Å²) in [4.78, 5) is 28.3. The zero-order valence-corrected chi connectivity index (χ0v) is 19.3. The molecule has 1 N–H and O–H groups in total. The molecular formula is C25H23ClFN5O2. The molecule has 2 aromatic carbocycles. The molecule has 0 spiro atoms. The second kappa shape index (κ2) is 9.38. The average Bonchev–Trinajstić information content (AvgIpc) is 3.25. The van der Waals surface area contributed by atoms with Crippen LogP contribution in [0.15, 0.2) is 59.3 Å². The maximum Gasteiger partial charge on any atom is 0.295 e. The summed E-state index contributed by atoms with van der Waals surface area (Å²) < 4.78 is 20.8. The molecule has 0 aliphatic carbocycles. The third-order valence-corrected chi connectivity index (χ3v) is 6.46. The molecule has 1 aliphatic rings. The molecule has 2 aromatic heterocycles. The van der Waals surface area contributed by atoms with Gasteiger partial charge in [0.05, 0.1) is 11.6 Å². The number of piperidine rings is 1. The van der Waals surface area contributed by atoms with Crippen LogP contribution in [0.25, 0.3) is 22.5 Å². The van der Waals surface area contributed by atoms with Crippen LogP contribution in [0.1, 0.15) is 30.1 Å². The lowest BCUT2D eigenvalue weighted by atomic mass is 9.89. The fourth-order valence-electron chi connectivity index (χ4n) is 4.49. The number of likely N-dealkylation sites (tertiary alicyclic amines) is 1. The molecule has 1 aliphatic heterocycles. The van der Waals surface area contributed by atoms with Gasteiger partial charge < -0.3 is 14.6 Å². The number of halogens is 2. The number of hydrogen-bond donors (Lipinski definition) is 1. The minimum atomic E-state index is -0.587. The monoisotopic (exact) mass is 479 g/mol. The van der Waals surface area contributed by atoms with E-state index in [4.69, 9.17) is 16.0 Å². The van der Waals surface area contributed by atoms with Gasteiger partial charge in [0, 0.05) is 36.1 Å². The second-order valence-electron chi connectivity index (χ2n) is 8.43. The van der Waals surface area contributed by atoms with Crippen molar-refractivity contribution in [2.75, 3.05) is 18.4 Å². The van der Waals surface area contributed by atoms with Crippen molar-refractivity contribution in [2.24, 2.45) is 5.92 Å². The molecule has 9 heteroatoms. The molecule has 3 heterocycles. The molecule has 0 bridgehead atoms. The first-order valence-corrected chi connectivity index (χ1v) is 11.6. The minimum absolute atomic E-state index is 0.00990. The molecular weight excluding hydrogens is 457 g/mol. The number of fused-ring (bicyclic) bond motifs is 1. The Morgan fingerprint density at radius 3 is 2.88 bits per heavy atom. The van der Waals surface area contributed by atoms with Crippen LogP contribution in [-0.2, 0) is 0 Å². The Balaban J connectivity index is 1.42. The number of anilines is 1. The first-order chi connectivity index (χ1) is 16.5. The Morgan fingerprint density at radius 1 is 1.24 bits per heavy atom. The maximum atomic E-state index is 15.0. The molecule has 174 valence electrons. The summed E-state index contributed by atoms with van der Waals surface area (Å²) in [6.45, 7) is 3.04. The van der Waals surface area contributed by atoms with E-state index in [-0.39, 0.29) is 23.4 Å². The van der Waals surface area contributed by atoms with Crippen molar-refractivity contribution >= 4 is 34.6 Å². The van der Waals surface area contributed by atoms with Crippen LogP contribution in [0.4, 0.5) is 10.4 Å². The Morgan fingerprint density at radius 2 is 2.06 bits per heavy atom. The highest BCUT2D eigenvalue weighted by molar-refractivity contribution is 6.31. The van der Waals surface area contributed by atoms with Crippen molar-refractivity contribution in [1.29, 1.82) is 0 Å². The molecule has 1 fully saturated rings. The average molecular weight is 480 g/mol. The van der Waals surface area contributed by atoms with Crippen molar-refractivity contribution in [3.8, 4) is 11.4 Å². The number of hydrogen-bond acceptors (Lipinski definition) is 6. The van der Waals surface area contributed by atoms with E-state index in [0.717, 1.165) is 12.8 Å². The van der Waals surface area contributed by atoms with E-state index in [1.807, 2.05) is 0 Å². The standard InChI is InChI=1S/C25H23ClFN5O2/c1-15-5-3-12-32(20(15)14-30-25-31-19-13-16(26)8-9-21(19)34-25)24(33)22-17(6-2-7-18(22)27)23-28-10-4-11-29-23/h2,4,6-11,13,15,20H,3,5,12,14H2,1H3,(H,30,31). The van der Waals surface area contributed by atoms with Crippen LogP contribution in [0, 0.1) is 11.7 Å². The maximum absolute atomic E-state index is 15.0. The number of amides is 1. The van der Waals surface area contributed by atoms with Crippen LogP contribution < -0.4 is 5.32 Å². The number of carbonyl (C=O) groups excluding carboxylic acids is 1. The van der Waals surface area contributed by atoms with E-state index in [1.54, 1.807) is 53.7 Å². The van der Waals surface area contributed by atoms with Crippen molar-refractivity contribution in [1.82, 2.24) is 19.9 Å². The van der Waals surface area contributed by atoms with Crippen molar-refractivity contribution < 1.29 is 13.6 Å². The van der Waals surface area contributed by atoms with Gasteiger partial charge in [0.1, 0.15) is 11.3 Å². The van der Waals surface area contributed by atoms with Crippen LogP contribution >= 0.6 is 11.6 Å². The third kappa shape index (κ3) is 4.33. The molecule has 4 aromatic rings. The molecule has 5 rings (SSSR count). The third-order valence-electron chi connectivity index (χ3n) is 6.22. The highest BCUT2D eigenvalue weighted by Crippen LogP contribution is 2.30. The SMILES string of the molecule is CC1CCCN(C(=O)c2c(F)cccc2-c2ncccn2)C1CNc1nc2cc(Cl)ccc2o1. The van der Waals surface area contributed by atoms with Crippen molar-refractivity contribution in [3.05, 3.63) is 71.3 Å². The van der Waals surface area contributed by atoms with Gasteiger partial charge in [0.2, 0.25) is 0 Å². The van der Waals surface area contributed by atoms with Crippen LogP contribution in [0.5, 0.6) is 0 Å². The predicted molar refractivity (Wildman–Crippen MR) is 128 cm³/mol. The Hall–Kier alpha value is -3.52. The van der Waals surface area contributed by atoms with Crippen LogP contribution in [0.3, 0.4) is 0 Å². The lowest BCUT2D eigenvalue weighted by Crippen LogP contribution is -2.51. The number of carbonyl (C=O) groups is 1. The van der Waals surface area contributed by atoms with Gasteiger partial charge in [0.15, 0.2) is 11.4 Å².